The van der Waals surface area contributed by atoms with E-state index in [0.29, 0.717) is 6.54 Å². The van der Waals surface area contributed by atoms with Crippen molar-refractivity contribution in [2.24, 2.45) is 17.6 Å². The van der Waals surface area contributed by atoms with Crippen LogP contribution in [0.25, 0.3) is 0 Å². The first kappa shape index (κ1) is 15.3. The van der Waals surface area contributed by atoms with Gasteiger partial charge in [0.05, 0.1) is 0 Å². The van der Waals surface area contributed by atoms with Gasteiger partial charge in [-0.1, -0.05) is 6.42 Å². The molecule has 0 radical (unpaired) electrons. The van der Waals surface area contributed by atoms with Crippen molar-refractivity contribution in [3.8, 4) is 0 Å². The lowest BCUT2D eigenvalue weighted by Gasteiger charge is -2.30. The number of hydrogen-bond acceptors (Lipinski definition) is 3. The van der Waals surface area contributed by atoms with Crippen LogP contribution in [0.1, 0.15) is 45.4 Å². The molecule has 0 aromatic rings. The van der Waals surface area contributed by atoms with E-state index < -0.39 is 6.04 Å². The first-order valence-corrected chi connectivity index (χ1v) is 7.92. The zero-order valence-corrected chi connectivity index (χ0v) is 12.4. The third-order valence-corrected chi connectivity index (χ3v) is 4.70. The maximum absolute atomic E-state index is 12.3. The Morgan fingerprint density at radius 1 is 1.20 bits per heavy atom. The fourth-order valence-corrected chi connectivity index (χ4v) is 3.43. The van der Waals surface area contributed by atoms with Crippen molar-refractivity contribution in [2.45, 2.75) is 51.5 Å². The molecule has 1 aliphatic heterocycles. The maximum atomic E-state index is 12.3. The zero-order chi connectivity index (χ0) is 14.5. The summed E-state index contributed by atoms with van der Waals surface area (Å²) < 4.78 is 0. The summed E-state index contributed by atoms with van der Waals surface area (Å²) in [5, 5.41) is 2.90. The first-order valence-electron chi connectivity index (χ1n) is 7.92. The highest BCUT2D eigenvalue weighted by Crippen LogP contribution is 2.31. The molecule has 1 saturated carbocycles. The van der Waals surface area contributed by atoms with Crippen molar-refractivity contribution in [1.82, 2.24) is 10.2 Å². The summed E-state index contributed by atoms with van der Waals surface area (Å²) in [4.78, 5) is 26.4. The van der Waals surface area contributed by atoms with Gasteiger partial charge in [0.2, 0.25) is 11.8 Å². The van der Waals surface area contributed by atoms with Crippen LogP contribution < -0.4 is 11.1 Å². The second kappa shape index (κ2) is 7.07. The Bertz CT molecular complexity index is 353. The lowest BCUT2D eigenvalue weighted by Crippen LogP contribution is -2.50. The Balaban J connectivity index is 1.85. The van der Waals surface area contributed by atoms with E-state index in [1.165, 1.54) is 6.42 Å². The molecule has 2 aliphatic rings. The highest BCUT2D eigenvalue weighted by atomic mass is 16.2. The molecule has 5 nitrogen and oxygen atoms in total. The van der Waals surface area contributed by atoms with Crippen molar-refractivity contribution in [1.29, 1.82) is 0 Å². The lowest BCUT2D eigenvalue weighted by molar-refractivity contribution is -0.138. The van der Waals surface area contributed by atoms with E-state index in [1.54, 1.807) is 6.92 Å². The highest BCUT2D eigenvalue weighted by molar-refractivity contribution is 5.88. The standard InChI is InChI=1S/C15H27N3O2/c1-11(15(20)18-8-3-2-4-9-18)17-14(19)13-7-5-6-12(13)10-16/h11-13H,2-10,16H2,1H3,(H,17,19)/t11?,12-,13-/m1/s1. The Morgan fingerprint density at radius 3 is 2.55 bits per heavy atom. The molecule has 1 aliphatic carbocycles. The van der Waals surface area contributed by atoms with Crippen molar-refractivity contribution in [3.63, 3.8) is 0 Å². The van der Waals surface area contributed by atoms with Crippen LogP contribution in [-0.4, -0.2) is 42.4 Å². The van der Waals surface area contributed by atoms with Crippen LogP contribution in [0.2, 0.25) is 0 Å². The van der Waals surface area contributed by atoms with Crippen molar-refractivity contribution < 1.29 is 9.59 Å². The molecule has 2 rings (SSSR count). The molecule has 5 heteroatoms. The van der Waals surface area contributed by atoms with Gasteiger partial charge in [-0.05, 0) is 51.5 Å². The quantitative estimate of drug-likeness (QED) is 0.803. The topological polar surface area (TPSA) is 75.4 Å². The molecule has 0 aromatic carbocycles. The molecule has 2 fully saturated rings. The molecule has 0 aromatic heterocycles. The maximum Gasteiger partial charge on any atom is 0.244 e. The number of likely N-dealkylation sites (tertiary alicyclic amines) is 1. The molecule has 1 unspecified atom stereocenters. The SMILES string of the molecule is CC(NC(=O)[C@@H]1CCC[C@@H]1CN)C(=O)N1CCCCC1. The summed E-state index contributed by atoms with van der Waals surface area (Å²) in [6.07, 6.45) is 6.34. The van der Waals surface area contributed by atoms with E-state index in [-0.39, 0.29) is 23.7 Å². The first-order chi connectivity index (χ1) is 9.63. The number of hydrogen-bond donors (Lipinski definition) is 2. The third kappa shape index (κ3) is 3.51. The van der Waals surface area contributed by atoms with Gasteiger partial charge in [0.1, 0.15) is 6.04 Å². The largest absolute Gasteiger partial charge is 0.344 e. The fraction of sp³-hybridized carbons (Fsp3) is 0.867. The van der Waals surface area contributed by atoms with Crippen LogP contribution in [-0.2, 0) is 9.59 Å². The summed E-state index contributed by atoms with van der Waals surface area (Å²) >= 11 is 0. The molecule has 0 bridgehead atoms. The molecule has 20 heavy (non-hydrogen) atoms. The minimum absolute atomic E-state index is 0.00314. The molecule has 2 amide bonds. The smallest absolute Gasteiger partial charge is 0.244 e. The van der Waals surface area contributed by atoms with E-state index in [2.05, 4.69) is 5.32 Å². The minimum atomic E-state index is -0.417. The number of rotatable bonds is 4. The summed E-state index contributed by atoms with van der Waals surface area (Å²) in [5.74, 6) is 0.347. The lowest BCUT2D eigenvalue weighted by atomic mass is 9.95. The predicted molar refractivity (Wildman–Crippen MR) is 77.9 cm³/mol. The average Bonchev–Trinajstić information content (AvgIpc) is 2.95. The van der Waals surface area contributed by atoms with Crippen molar-refractivity contribution >= 4 is 11.8 Å². The van der Waals surface area contributed by atoms with Crippen molar-refractivity contribution in [3.05, 3.63) is 0 Å². The third-order valence-electron chi connectivity index (χ3n) is 4.70. The number of carbonyl (C=O) groups is 2. The van der Waals surface area contributed by atoms with Crippen LogP contribution >= 0.6 is 0 Å². The molecule has 1 heterocycles. The monoisotopic (exact) mass is 281 g/mol. The summed E-state index contributed by atoms with van der Waals surface area (Å²) in [7, 11) is 0. The molecular formula is C15H27N3O2. The molecule has 3 atom stereocenters. The highest BCUT2D eigenvalue weighted by Gasteiger charge is 2.33. The van der Waals surface area contributed by atoms with Gasteiger partial charge in [-0.25, -0.2) is 0 Å². The fourth-order valence-electron chi connectivity index (χ4n) is 3.43. The van der Waals surface area contributed by atoms with E-state index in [4.69, 9.17) is 5.73 Å². The van der Waals surface area contributed by atoms with Gasteiger partial charge in [-0.15, -0.1) is 0 Å². The van der Waals surface area contributed by atoms with Gasteiger partial charge in [-0.3, -0.25) is 9.59 Å². The van der Waals surface area contributed by atoms with Crippen LogP contribution in [0, 0.1) is 11.8 Å². The number of amides is 2. The van der Waals surface area contributed by atoms with Gasteiger partial charge in [0.15, 0.2) is 0 Å². The molecule has 0 spiro atoms. The van der Waals surface area contributed by atoms with E-state index in [1.807, 2.05) is 4.90 Å². The van der Waals surface area contributed by atoms with Gasteiger partial charge in [-0.2, -0.15) is 0 Å². The van der Waals surface area contributed by atoms with Gasteiger partial charge in [0, 0.05) is 19.0 Å². The predicted octanol–water partition coefficient (Wildman–Crippen LogP) is 0.879. The number of piperidine rings is 1. The Kier molecular flexibility index (Phi) is 5.40. The number of nitrogens with two attached hydrogens (primary N) is 1. The Morgan fingerprint density at radius 2 is 1.90 bits per heavy atom. The van der Waals surface area contributed by atoms with Gasteiger partial charge in [0.25, 0.3) is 0 Å². The number of nitrogens with zero attached hydrogens (tertiary/aromatic N) is 1. The Labute approximate surface area is 121 Å². The summed E-state index contributed by atoms with van der Waals surface area (Å²) in [6, 6.07) is -0.417. The molecule has 3 N–H and O–H groups in total. The normalized spacial score (nSPS) is 28.2. The van der Waals surface area contributed by atoms with E-state index in [0.717, 1.165) is 45.2 Å². The molecule has 114 valence electrons. The number of carbonyl (C=O) groups excluding carboxylic acids is 2. The minimum Gasteiger partial charge on any atom is -0.344 e. The van der Waals surface area contributed by atoms with Gasteiger partial charge >= 0.3 is 0 Å². The summed E-state index contributed by atoms with van der Waals surface area (Å²) in [5.41, 5.74) is 5.71. The summed E-state index contributed by atoms with van der Waals surface area (Å²) in [6.45, 7) is 4.01. The van der Waals surface area contributed by atoms with Gasteiger partial charge < -0.3 is 16.0 Å². The second-order valence-corrected chi connectivity index (χ2v) is 6.15. The van der Waals surface area contributed by atoms with E-state index in [9.17, 15) is 9.59 Å². The second-order valence-electron chi connectivity index (χ2n) is 6.15. The van der Waals surface area contributed by atoms with Crippen LogP contribution in [0.4, 0.5) is 0 Å². The Hall–Kier alpha value is -1.10. The zero-order valence-electron chi connectivity index (χ0n) is 12.4. The van der Waals surface area contributed by atoms with Crippen LogP contribution in [0.3, 0.4) is 0 Å². The van der Waals surface area contributed by atoms with Crippen LogP contribution in [0.15, 0.2) is 0 Å². The van der Waals surface area contributed by atoms with E-state index >= 15 is 0 Å². The average molecular weight is 281 g/mol. The van der Waals surface area contributed by atoms with Crippen LogP contribution in [0.5, 0.6) is 0 Å². The number of nitrogens with one attached hydrogen (secondary N) is 1. The van der Waals surface area contributed by atoms with Crippen molar-refractivity contribution in [2.75, 3.05) is 19.6 Å². The molecule has 1 saturated heterocycles. The molecular weight excluding hydrogens is 254 g/mol.